The van der Waals surface area contributed by atoms with Crippen molar-refractivity contribution < 1.29 is 4.79 Å². The Balaban J connectivity index is 1.16. The van der Waals surface area contributed by atoms with E-state index >= 15 is 0 Å². The molecule has 4 N–H and O–H groups in total. The van der Waals surface area contributed by atoms with Gasteiger partial charge in [-0.3, -0.25) is 14.9 Å². The summed E-state index contributed by atoms with van der Waals surface area (Å²) in [5.41, 5.74) is 6.54. The molecule has 7 rings (SSSR count). The second kappa shape index (κ2) is 10.9. The molecule has 2 aliphatic rings. The number of rotatable bonds is 6. The SMILES string of the molecule is CN1CCN(c2nccc3[nH]c(-c4n[nH]c5ccc(-c6cncc(NC(=O)CC7CCNCC7)c6)nc45)cc23)CC1. The van der Waals surface area contributed by atoms with Gasteiger partial charge in [-0.2, -0.15) is 5.10 Å². The van der Waals surface area contributed by atoms with Crippen molar-refractivity contribution in [3.8, 4) is 22.6 Å². The van der Waals surface area contributed by atoms with Crippen molar-refractivity contribution in [2.75, 3.05) is 56.5 Å². The number of nitrogens with zero attached hydrogens (tertiary/aromatic N) is 6. The standard InChI is InChI=1S/C30H34N10O/c1-39-10-12-40(13-11-39)30-22-16-26(35-24(22)6-9-33-30)29-28-25(37-38-29)3-2-23(36-28)20-15-21(18-32-17-20)34-27(41)14-19-4-7-31-8-5-19/h2-3,6,9,15-19,31,35H,4-5,7-8,10-14H2,1H3,(H,34,41)(H,37,38). The van der Waals surface area contributed by atoms with Crippen LogP contribution in [0.25, 0.3) is 44.6 Å². The molecule has 210 valence electrons. The number of carbonyl (C=O) groups excluding carboxylic acids is 1. The highest BCUT2D eigenvalue weighted by Gasteiger charge is 2.21. The smallest absolute Gasteiger partial charge is 0.224 e. The fraction of sp³-hybridized carbons (Fsp3) is 0.367. The number of aromatic amines is 2. The third kappa shape index (κ3) is 5.25. The van der Waals surface area contributed by atoms with Gasteiger partial charge in [0.2, 0.25) is 5.91 Å². The molecule has 5 aromatic rings. The van der Waals surface area contributed by atoms with Crippen molar-refractivity contribution in [3.05, 3.63) is 48.9 Å². The summed E-state index contributed by atoms with van der Waals surface area (Å²) in [6.07, 6.45) is 7.92. The molecule has 41 heavy (non-hydrogen) atoms. The minimum Gasteiger partial charge on any atom is -0.353 e. The van der Waals surface area contributed by atoms with Crippen LogP contribution in [0.5, 0.6) is 0 Å². The lowest BCUT2D eigenvalue weighted by atomic mass is 9.94. The second-order valence-electron chi connectivity index (χ2n) is 11.1. The monoisotopic (exact) mass is 550 g/mol. The van der Waals surface area contributed by atoms with Crippen molar-refractivity contribution in [1.29, 1.82) is 0 Å². The quantitative estimate of drug-likeness (QED) is 0.252. The van der Waals surface area contributed by atoms with Crippen molar-refractivity contribution >= 4 is 39.3 Å². The van der Waals surface area contributed by atoms with Crippen LogP contribution in [0.1, 0.15) is 19.3 Å². The normalized spacial score (nSPS) is 17.0. The van der Waals surface area contributed by atoms with Crippen LogP contribution in [0.4, 0.5) is 11.5 Å². The van der Waals surface area contributed by atoms with E-state index in [1.807, 2.05) is 30.5 Å². The number of hydrogen-bond donors (Lipinski definition) is 4. The molecule has 11 heteroatoms. The highest BCUT2D eigenvalue weighted by atomic mass is 16.1. The molecule has 11 nitrogen and oxygen atoms in total. The average Bonchev–Trinajstić information content (AvgIpc) is 3.62. The number of amides is 1. The number of aromatic nitrogens is 6. The maximum Gasteiger partial charge on any atom is 0.224 e. The van der Waals surface area contributed by atoms with E-state index in [2.05, 4.69) is 53.7 Å². The van der Waals surface area contributed by atoms with Crippen LogP contribution in [0, 0.1) is 5.92 Å². The van der Waals surface area contributed by atoms with E-state index in [0.717, 1.165) is 103 Å². The molecule has 0 atom stereocenters. The van der Waals surface area contributed by atoms with Gasteiger partial charge in [0.15, 0.2) is 0 Å². The molecule has 7 heterocycles. The number of fused-ring (bicyclic) bond motifs is 2. The average molecular weight is 551 g/mol. The number of likely N-dealkylation sites (N-methyl/N-ethyl adjacent to an activating group) is 1. The third-order valence-corrected chi connectivity index (χ3v) is 8.24. The van der Waals surface area contributed by atoms with Gasteiger partial charge in [0, 0.05) is 55.9 Å². The molecule has 0 bridgehead atoms. The molecular weight excluding hydrogens is 516 g/mol. The number of nitrogens with one attached hydrogen (secondary N) is 4. The molecule has 0 unspecified atom stereocenters. The van der Waals surface area contributed by atoms with Crippen molar-refractivity contribution in [1.82, 2.24) is 40.3 Å². The fourth-order valence-electron chi connectivity index (χ4n) is 5.89. The van der Waals surface area contributed by atoms with Crippen LogP contribution in [0.2, 0.25) is 0 Å². The number of anilines is 2. The van der Waals surface area contributed by atoms with E-state index < -0.39 is 0 Å². The van der Waals surface area contributed by atoms with E-state index in [4.69, 9.17) is 9.97 Å². The van der Waals surface area contributed by atoms with Gasteiger partial charge in [0.1, 0.15) is 17.0 Å². The molecule has 0 radical (unpaired) electrons. The minimum absolute atomic E-state index is 0.0284. The molecule has 2 fully saturated rings. The summed E-state index contributed by atoms with van der Waals surface area (Å²) in [6, 6.07) is 9.99. The molecule has 0 spiro atoms. The van der Waals surface area contributed by atoms with Crippen LogP contribution in [0.3, 0.4) is 0 Å². The molecule has 2 aliphatic heterocycles. The zero-order valence-electron chi connectivity index (χ0n) is 23.2. The first-order chi connectivity index (χ1) is 20.1. The van der Waals surface area contributed by atoms with Crippen molar-refractivity contribution in [3.63, 3.8) is 0 Å². The van der Waals surface area contributed by atoms with Crippen LogP contribution in [-0.2, 0) is 4.79 Å². The van der Waals surface area contributed by atoms with Gasteiger partial charge < -0.3 is 25.4 Å². The predicted octanol–water partition coefficient (Wildman–Crippen LogP) is 3.64. The molecular formula is C30H34N10O. The summed E-state index contributed by atoms with van der Waals surface area (Å²) < 4.78 is 0. The Hall–Kier alpha value is -4.35. The number of piperidine rings is 1. The van der Waals surface area contributed by atoms with Crippen LogP contribution >= 0.6 is 0 Å². The Morgan fingerprint density at radius 1 is 1.05 bits per heavy atom. The van der Waals surface area contributed by atoms with Gasteiger partial charge in [-0.15, -0.1) is 0 Å². The highest BCUT2D eigenvalue weighted by Crippen LogP contribution is 2.33. The first-order valence-electron chi connectivity index (χ1n) is 14.3. The number of pyridine rings is 3. The van der Waals surface area contributed by atoms with E-state index in [9.17, 15) is 4.79 Å². The summed E-state index contributed by atoms with van der Waals surface area (Å²) in [5.74, 6) is 1.45. The summed E-state index contributed by atoms with van der Waals surface area (Å²) >= 11 is 0. The topological polar surface area (TPSA) is 131 Å². The molecule has 0 saturated carbocycles. The Labute approximate surface area is 237 Å². The summed E-state index contributed by atoms with van der Waals surface area (Å²) in [6.45, 7) is 5.89. The number of piperazine rings is 1. The van der Waals surface area contributed by atoms with Gasteiger partial charge in [-0.25, -0.2) is 9.97 Å². The van der Waals surface area contributed by atoms with E-state index in [0.29, 0.717) is 18.0 Å². The predicted molar refractivity (Wildman–Crippen MR) is 161 cm³/mol. The summed E-state index contributed by atoms with van der Waals surface area (Å²) in [5, 5.41) is 15.2. The molecule has 5 aromatic heterocycles. The van der Waals surface area contributed by atoms with Crippen molar-refractivity contribution in [2.45, 2.75) is 19.3 Å². The zero-order chi connectivity index (χ0) is 27.8. The van der Waals surface area contributed by atoms with E-state index in [1.54, 1.807) is 12.4 Å². The minimum atomic E-state index is 0.0284. The van der Waals surface area contributed by atoms with Gasteiger partial charge in [0.25, 0.3) is 0 Å². The lowest BCUT2D eigenvalue weighted by Gasteiger charge is -2.33. The summed E-state index contributed by atoms with van der Waals surface area (Å²) in [7, 11) is 2.16. The van der Waals surface area contributed by atoms with Gasteiger partial charge in [0.05, 0.1) is 34.3 Å². The largest absolute Gasteiger partial charge is 0.353 e. The van der Waals surface area contributed by atoms with E-state index in [1.165, 1.54) is 0 Å². The number of carbonyl (C=O) groups is 1. The summed E-state index contributed by atoms with van der Waals surface area (Å²) in [4.78, 5) is 35.0. The Morgan fingerprint density at radius 3 is 2.76 bits per heavy atom. The number of hydrogen-bond acceptors (Lipinski definition) is 8. The maximum atomic E-state index is 12.7. The van der Waals surface area contributed by atoms with E-state index in [-0.39, 0.29) is 5.91 Å². The molecule has 1 amide bonds. The van der Waals surface area contributed by atoms with Crippen LogP contribution < -0.4 is 15.5 Å². The Bertz CT molecular complexity index is 1690. The third-order valence-electron chi connectivity index (χ3n) is 8.24. The maximum absolute atomic E-state index is 12.7. The van der Waals surface area contributed by atoms with Crippen LogP contribution in [-0.4, -0.2) is 87.3 Å². The number of H-pyrrole nitrogens is 2. The Morgan fingerprint density at radius 2 is 1.90 bits per heavy atom. The Kier molecular flexibility index (Phi) is 6.81. The molecule has 2 saturated heterocycles. The van der Waals surface area contributed by atoms with Gasteiger partial charge in [-0.05, 0) is 69.2 Å². The first kappa shape index (κ1) is 25.6. The van der Waals surface area contributed by atoms with Gasteiger partial charge >= 0.3 is 0 Å². The molecule has 0 aromatic carbocycles. The zero-order valence-corrected chi connectivity index (χ0v) is 23.2. The lowest BCUT2D eigenvalue weighted by Crippen LogP contribution is -2.44. The lowest BCUT2D eigenvalue weighted by molar-refractivity contribution is -0.117. The molecule has 0 aliphatic carbocycles. The van der Waals surface area contributed by atoms with Crippen molar-refractivity contribution in [2.24, 2.45) is 5.92 Å². The first-order valence-corrected chi connectivity index (χ1v) is 14.3. The highest BCUT2D eigenvalue weighted by molar-refractivity contribution is 5.98. The fourth-order valence-corrected chi connectivity index (χ4v) is 5.89. The van der Waals surface area contributed by atoms with Gasteiger partial charge in [-0.1, -0.05) is 0 Å². The van der Waals surface area contributed by atoms with Crippen LogP contribution in [0.15, 0.2) is 48.9 Å². The second-order valence-corrected chi connectivity index (χ2v) is 11.1.